The molecule has 0 aromatic carbocycles. The molecule has 0 aliphatic carbocycles. The molecular weight excluding hydrogens is 102 g/mol. The maximum absolute atomic E-state index is 5.30. The zero-order chi connectivity index (χ0) is 6.41. The Labute approximate surface area is 51.0 Å². The Morgan fingerprint density at radius 3 is 2.62 bits per heavy atom. The third-order valence-corrected chi connectivity index (χ3v) is 1.11. The zero-order valence-electron chi connectivity index (χ0n) is 5.68. The lowest BCUT2D eigenvalue weighted by Crippen LogP contribution is -2.09. The van der Waals surface area contributed by atoms with E-state index in [0.29, 0.717) is 5.92 Å². The van der Waals surface area contributed by atoms with Crippen LogP contribution in [0.5, 0.6) is 0 Å². The van der Waals surface area contributed by atoms with Gasteiger partial charge in [0, 0.05) is 13.7 Å². The van der Waals surface area contributed by atoms with Gasteiger partial charge in [-0.05, 0) is 18.9 Å². The van der Waals surface area contributed by atoms with Crippen LogP contribution in [0.1, 0.15) is 13.3 Å². The van der Waals surface area contributed by atoms with Crippen LogP contribution in [0.4, 0.5) is 0 Å². The molecule has 2 N–H and O–H groups in total. The number of ether oxygens (including phenoxy) is 1. The van der Waals surface area contributed by atoms with Gasteiger partial charge in [0.15, 0.2) is 0 Å². The van der Waals surface area contributed by atoms with Crippen molar-refractivity contribution < 1.29 is 4.74 Å². The van der Waals surface area contributed by atoms with E-state index in [-0.39, 0.29) is 0 Å². The first-order valence-electron chi connectivity index (χ1n) is 3.00. The van der Waals surface area contributed by atoms with Gasteiger partial charge < -0.3 is 10.5 Å². The zero-order valence-corrected chi connectivity index (χ0v) is 5.68. The van der Waals surface area contributed by atoms with Crippen molar-refractivity contribution in [3.8, 4) is 0 Å². The Morgan fingerprint density at radius 2 is 2.25 bits per heavy atom. The molecule has 0 aliphatic rings. The van der Waals surface area contributed by atoms with Crippen LogP contribution in [-0.2, 0) is 4.74 Å². The Bertz CT molecular complexity index is 41.8. The minimum Gasteiger partial charge on any atom is -0.384 e. The van der Waals surface area contributed by atoms with E-state index >= 15 is 0 Å². The summed E-state index contributed by atoms with van der Waals surface area (Å²) in [4.78, 5) is 0. The highest BCUT2D eigenvalue weighted by Crippen LogP contribution is 1.98. The lowest BCUT2D eigenvalue weighted by molar-refractivity contribution is 0.157. The summed E-state index contributed by atoms with van der Waals surface area (Å²) in [7, 11) is 1.72. The van der Waals surface area contributed by atoms with E-state index in [1.807, 2.05) is 0 Å². The second-order valence-electron chi connectivity index (χ2n) is 2.14. The highest BCUT2D eigenvalue weighted by atomic mass is 16.5. The van der Waals surface area contributed by atoms with Crippen molar-refractivity contribution in [2.75, 3.05) is 20.3 Å². The molecule has 0 aliphatic heterocycles. The van der Waals surface area contributed by atoms with Gasteiger partial charge in [0.25, 0.3) is 0 Å². The molecule has 0 amide bonds. The number of nitrogens with two attached hydrogens (primary N) is 1. The predicted octanol–water partition coefficient (Wildman–Crippen LogP) is 0.618. The minimum atomic E-state index is 0.616. The van der Waals surface area contributed by atoms with Gasteiger partial charge in [-0.3, -0.25) is 0 Å². The van der Waals surface area contributed by atoms with Gasteiger partial charge in [0.05, 0.1) is 0 Å². The first-order valence-corrected chi connectivity index (χ1v) is 3.00. The van der Waals surface area contributed by atoms with Crippen molar-refractivity contribution in [2.24, 2.45) is 11.7 Å². The van der Waals surface area contributed by atoms with Crippen LogP contribution in [0.25, 0.3) is 0 Å². The molecule has 0 bridgehead atoms. The monoisotopic (exact) mass is 117 g/mol. The lowest BCUT2D eigenvalue weighted by atomic mass is 10.1. The van der Waals surface area contributed by atoms with Crippen LogP contribution in [-0.4, -0.2) is 20.3 Å². The maximum Gasteiger partial charge on any atom is 0.0488 e. The van der Waals surface area contributed by atoms with Crippen LogP contribution in [0.2, 0.25) is 0 Å². The SMILES string of the molecule is COCC(C)CCN. The molecule has 0 rings (SSSR count). The van der Waals surface area contributed by atoms with E-state index in [4.69, 9.17) is 10.5 Å². The fourth-order valence-corrected chi connectivity index (χ4v) is 0.652. The van der Waals surface area contributed by atoms with Crippen molar-refractivity contribution in [2.45, 2.75) is 13.3 Å². The van der Waals surface area contributed by atoms with Crippen LogP contribution < -0.4 is 5.73 Å². The summed E-state index contributed by atoms with van der Waals surface area (Å²) in [6.07, 6.45) is 1.06. The molecule has 0 fully saturated rings. The van der Waals surface area contributed by atoms with Crippen LogP contribution >= 0.6 is 0 Å². The summed E-state index contributed by atoms with van der Waals surface area (Å²) >= 11 is 0. The largest absolute Gasteiger partial charge is 0.384 e. The van der Waals surface area contributed by atoms with Crippen molar-refractivity contribution in [1.29, 1.82) is 0 Å². The Balaban J connectivity index is 2.92. The third kappa shape index (κ3) is 4.09. The van der Waals surface area contributed by atoms with E-state index in [9.17, 15) is 0 Å². The number of rotatable bonds is 4. The molecule has 0 saturated heterocycles. The minimum absolute atomic E-state index is 0.616. The molecule has 1 atom stereocenters. The average Bonchev–Trinajstić information content (AvgIpc) is 1.68. The quantitative estimate of drug-likeness (QED) is 0.585. The number of hydrogen-bond donors (Lipinski definition) is 1. The van der Waals surface area contributed by atoms with Gasteiger partial charge in [-0.1, -0.05) is 6.92 Å². The maximum atomic E-state index is 5.30. The molecule has 50 valence electrons. The summed E-state index contributed by atoms with van der Waals surface area (Å²) in [5.74, 6) is 0.616. The predicted molar refractivity (Wildman–Crippen MR) is 34.7 cm³/mol. The summed E-state index contributed by atoms with van der Waals surface area (Å²) in [5.41, 5.74) is 5.30. The fraction of sp³-hybridized carbons (Fsp3) is 1.00. The topological polar surface area (TPSA) is 35.2 Å². The number of methoxy groups -OCH3 is 1. The van der Waals surface area contributed by atoms with Crippen LogP contribution in [0, 0.1) is 5.92 Å². The van der Waals surface area contributed by atoms with E-state index in [0.717, 1.165) is 19.6 Å². The van der Waals surface area contributed by atoms with Crippen LogP contribution in [0.15, 0.2) is 0 Å². The summed E-state index contributed by atoms with van der Waals surface area (Å²) in [6.45, 7) is 3.73. The molecule has 2 nitrogen and oxygen atoms in total. The van der Waals surface area contributed by atoms with Gasteiger partial charge in [-0.2, -0.15) is 0 Å². The third-order valence-electron chi connectivity index (χ3n) is 1.11. The smallest absolute Gasteiger partial charge is 0.0488 e. The van der Waals surface area contributed by atoms with Crippen molar-refractivity contribution in [3.05, 3.63) is 0 Å². The second-order valence-corrected chi connectivity index (χ2v) is 2.14. The normalized spacial score (nSPS) is 13.9. The Kier molecular flexibility index (Phi) is 5.01. The summed E-state index contributed by atoms with van der Waals surface area (Å²) < 4.78 is 4.90. The highest BCUT2D eigenvalue weighted by molar-refractivity contribution is 4.49. The molecule has 8 heavy (non-hydrogen) atoms. The van der Waals surface area contributed by atoms with E-state index in [2.05, 4.69) is 6.92 Å². The molecular formula is C6H15NO. The van der Waals surface area contributed by atoms with Gasteiger partial charge >= 0.3 is 0 Å². The first kappa shape index (κ1) is 7.92. The van der Waals surface area contributed by atoms with Crippen molar-refractivity contribution in [3.63, 3.8) is 0 Å². The van der Waals surface area contributed by atoms with Gasteiger partial charge in [0.1, 0.15) is 0 Å². The van der Waals surface area contributed by atoms with Gasteiger partial charge in [-0.15, -0.1) is 0 Å². The molecule has 0 spiro atoms. The molecule has 0 heterocycles. The molecule has 0 saturated carbocycles. The van der Waals surface area contributed by atoms with E-state index in [1.54, 1.807) is 7.11 Å². The standard InChI is InChI=1S/C6H15NO/c1-6(3-4-7)5-8-2/h6H,3-5,7H2,1-2H3. The Hall–Kier alpha value is -0.0800. The lowest BCUT2D eigenvalue weighted by Gasteiger charge is -2.06. The van der Waals surface area contributed by atoms with Crippen molar-refractivity contribution in [1.82, 2.24) is 0 Å². The molecule has 0 aromatic rings. The summed E-state index contributed by atoms with van der Waals surface area (Å²) in [5, 5.41) is 0. The molecule has 2 heteroatoms. The van der Waals surface area contributed by atoms with Gasteiger partial charge in [-0.25, -0.2) is 0 Å². The molecule has 1 unspecified atom stereocenters. The van der Waals surface area contributed by atoms with Gasteiger partial charge in [0.2, 0.25) is 0 Å². The van der Waals surface area contributed by atoms with Crippen molar-refractivity contribution >= 4 is 0 Å². The summed E-state index contributed by atoms with van der Waals surface area (Å²) in [6, 6.07) is 0. The van der Waals surface area contributed by atoms with E-state index < -0.39 is 0 Å². The first-order chi connectivity index (χ1) is 3.81. The van der Waals surface area contributed by atoms with E-state index in [1.165, 1.54) is 0 Å². The second kappa shape index (κ2) is 5.06. The van der Waals surface area contributed by atoms with Crippen LogP contribution in [0.3, 0.4) is 0 Å². The molecule has 0 aromatic heterocycles. The average molecular weight is 117 g/mol. The highest BCUT2D eigenvalue weighted by Gasteiger charge is 1.96. The fourth-order valence-electron chi connectivity index (χ4n) is 0.652. The Morgan fingerprint density at radius 1 is 1.62 bits per heavy atom. The number of hydrogen-bond acceptors (Lipinski definition) is 2. The molecule has 0 radical (unpaired) electrons.